The van der Waals surface area contributed by atoms with Crippen molar-refractivity contribution >= 4 is 11.6 Å². The molecule has 0 fully saturated rings. The summed E-state index contributed by atoms with van der Waals surface area (Å²) in [5.41, 5.74) is 0.761. The predicted molar refractivity (Wildman–Crippen MR) is 64.5 cm³/mol. The molecule has 5 heteroatoms. The van der Waals surface area contributed by atoms with E-state index < -0.39 is 0 Å². The van der Waals surface area contributed by atoms with E-state index in [2.05, 4.69) is 0 Å². The van der Waals surface area contributed by atoms with Gasteiger partial charge in [0.05, 0.1) is 12.1 Å². The van der Waals surface area contributed by atoms with Crippen LogP contribution in [0.4, 0.5) is 0 Å². The van der Waals surface area contributed by atoms with Crippen LogP contribution in [0.3, 0.4) is 0 Å². The Hall–Kier alpha value is -1.13. The zero-order chi connectivity index (χ0) is 12.4. The highest BCUT2D eigenvalue weighted by Crippen LogP contribution is 2.47. The largest absolute Gasteiger partial charge is 0.495 e. The number of methoxy groups -OCH3 is 1. The average Bonchev–Trinajstić information content (AvgIpc) is 2.36. The van der Waals surface area contributed by atoms with Gasteiger partial charge in [0.1, 0.15) is 19.0 Å². The van der Waals surface area contributed by atoms with Crippen molar-refractivity contribution in [3.8, 4) is 17.2 Å². The van der Waals surface area contributed by atoms with Crippen molar-refractivity contribution in [2.75, 3.05) is 26.9 Å². The van der Waals surface area contributed by atoms with Gasteiger partial charge in [-0.25, -0.2) is 0 Å². The van der Waals surface area contributed by atoms with Crippen LogP contribution in [0.5, 0.6) is 17.2 Å². The van der Waals surface area contributed by atoms with Crippen molar-refractivity contribution in [2.24, 2.45) is 0 Å². The van der Waals surface area contributed by atoms with E-state index in [9.17, 15) is 5.11 Å². The van der Waals surface area contributed by atoms with Crippen molar-refractivity contribution in [1.82, 2.24) is 0 Å². The quantitative estimate of drug-likeness (QED) is 0.903. The van der Waals surface area contributed by atoms with E-state index in [1.807, 2.05) is 6.92 Å². The van der Waals surface area contributed by atoms with Crippen molar-refractivity contribution in [1.29, 1.82) is 0 Å². The molecule has 2 rings (SSSR count). The molecule has 1 atom stereocenters. The topological polar surface area (TPSA) is 47.9 Å². The van der Waals surface area contributed by atoms with Crippen LogP contribution in [0.15, 0.2) is 6.07 Å². The fraction of sp³-hybridized carbons (Fsp3) is 0.500. The Morgan fingerprint density at radius 1 is 1.47 bits per heavy atom. The van der Waals surface area contributed by atoms with Gasteiger partial charge in [0.25, 0.3) is 0 Å². The molecule has 17 heavy (non-hydrogen) atoms. The number of aliphatic hydroxyl groups is 1. The van der Waals surface area contributed by atoms with Gasteiger partial charge in [-0.15, -0.1) is 0 Å². The number of fused-ring (bicyclic) bond motifs is 1. The molecule has 1 heterocycles. The summed E-state index contributed by atoms with van der Waals surface area (Å²) in [6.45, 7) is 2.87. The third-order valence-corrected chi connectivity index (χ3v) is 3.03. The highest BCUT2D eigenvalue weighted by atomic mass is 35.5. The van der Waals surface area contributed by atoms with Gasteiger partial charge in [-0.1, -0.05) is 18.5 Å². The summed E-state index contributed by atoms with van der Waals surface area (Å²) < 4.78 is 16.4. The number of rotatable bonds is 3. The molecular weight excluding hydrogens is 244 g/mol. The molecule has 0 aromatic heterocycles. The summed E-state index contributed by atoms with van der Waals surface area (Å²) in [4.78, 5) is 0. The SMILES string of the molecule is COc1c(Cl)cc2c(c1C(C)CO)OCCO2. The predicted octanol–water partition coefficient (Wildman–Crippen LogP) is 2.22. The lowest BCUT2D eigenvalue weighted by Crippen LogP contribution is -2.18. The number of ether oxygens (including phenoxy) is 3. The Morgan fingerprint density at radius 3 is 2.82 bits per heavy atom. The minimum Gasteiger partial charge on any atom is -0.495 e. The van der Waals surface area contributed by atoms with E-state index in [4.69, 9.17) is 25.8 Å². The fourth-order valence-electron chi connectivity index (χ4n) is 1.91. The molecule has 4 nitrogen and oxygen atoms in total. The molecule has 0 aliphatic carbocycles. The summed E-state index contributed by atoms with van der Waals surface area (Å²) >= 11 is 6.13. The molecule has 1 N–H and O–H groups in total. The Kier molecular flexibility index (Phi) is 3.64. The maximum absolute atomic E-state index is 9.31. The van der Waals surface area contributed by atoms with Crippen LogP contribution >= 0.6 is 11.6 Å². The van der Waals surface area contributed by atoms with Crippen molar-refractivity contribution in [2.45, 2.75) is 12.8 Å². The zero-order valence-corrected chi connectivity index (χ0v) is 10.6. The highest BCUT2D eigenvalue weighted by molar-refractivity contribution is 6.32. The second kappa shape index (κ2) is 5.02. The lowest BCUT2D eigenvalue weighted by Gasteiger charge is -2.25. The summed E-state index contributed by atoms with van der Waals surface area (Å²) in [5, 5.41) is 9.77. The molecule has 0 spiro atoms. The third-order valence-electron chi connectivity index (χ3n) is 2.75. The van der Waals surface area contributed by atoms with Crippen LogP contribution in [0.1, 0.15) is 18.4 Å². The first-order valence-corrected chi connectivity index (χ1v) is 5.83. The van der Waals surface area contributed by atoms with Crippen LogP contribution in [0, 0.1) is 0 Å². The molecule has 0 radical (unpaired) electrons. The molecule has 0 saturated carbocycles. The lowest BCUT2D eigenvalue weighted by atomic mass is 9.99. The standard InChI is InChI=1S/C12H15ClO4/c1-7(6-14)10-11(15-2)8(13)5-9-12(10)17-4-3-16-9/h5,7,14H,3-4,6H2,1-2H3. The summed E-state index contributed by atoms with van der Waals surface area (Å²) in [6.07, 6.45) is 0. The Labute approximate surface area is 105 Å². The maximum atomic E-state index is 9.31. The molecule has 1 unspecified atom stereocenters. The maximum Gasteiger partial charge on any atom is 0.168 e. The van der Waals surface area contributed by atoms with Gasteiger partial charge in [0, 0.05) is 24.2 Å². The highest BCUT2D eigenvalue weighted by Gasteiger charge is 2.26. The molecule has 1 aliphatic rings. The molecule has 0 bridgehead atoms. The first kappa shape index (κ1) is 12.3. The Morgan fingerprint density at radius 2 is 2.18 bits per heavy atom. The third kappa shape index (κ3) is 2.15. The summed E-state index contributed by atoms with van der Waals surface area (Å²) in [7, 11) is 1.55. The van der Waals surface area contributed by atoms with E-state index in [0.717, 1.165) is 5.56 Å². The first-order valence-electron chi connectivity index (χ1n) is 5.45. The Bertz CT molecular complexity index is 419. The molecule has 1 aromatic rings. The Balaban J connectivity index is 2.61. The van der Waals surface area contributed by atoms with Crippen LogP contribution < -0.4 is 14.2 Å². The van der Waals surface area contributed by atoms with Gasteiger partial charge in [-0.3, -0.25) is 0 Å². The van der Waals surface area contributed by atoms with Crippen molar-refractivity contribution in [3.63, 3.8) is 0 Å². The minimum atomic E-state index is -0.126. The number of aliphatic hydroxyl groups excluding tert-OH is 1. The summed E-state index contributed by atoms with van der Waals surface area (Å²) in [6, 6.07) is 1.68. The van der Waals surface area contributed by atoms with Gasteiger partial charge in [-0.2, -0.15) is 0 Å². The van der Waals surface area contributed by atoms with Crippen LogP contribution in [0.25, 0.3) is 0 Å². The number of benzene rings is 1. The van der Waals surface area contributed by atoms with Gasteiger partial charge < -0.3 is 19.3 Å². The molecule has 1 aromatic carbocycles. The van der Waals surface area contributed by atoms with Gasteiger partial charge in [0.2, 0.25) is 0 Å². The minimum absolute atomic E-state index is 0.00744. The normalized spacial score (nSPS) is 15.5. The van der Waals surface area contributed by atoms with Crippen LogP contribution in [-0.4, -0.2) is 32.0 Å². The fourth-order valence-corrected chi connectivity index (χ4v) is 2.19. The molecule has 0 saturated heterocycles. The average molecular weight is 259 g/mol. The molecule has 94 valence electrons. The van der Waals surface area contributed by atoms with Gasteiger partial charge in [-0.05, 0) is 0 Å². The van der Waals surface area contributed by atoms with E-state index in [1.165, 1.54) is 0 Å². The van der Waals surface area contributed by atoms with E-state index in [1.54, 1.807) is 13.2 Å². The molecule has 0 amide bonds. The van der Waals surface area contributed by atoms with Gasteiger partial charge in [0.15, 0.2) is 11.5 Å². The zero-order valence-electron chi connectivity index (χ0n) is 9.83. The van der Waals surface area contributed by atoms with Crippen molar-refractivity contribution in [3.05, 3.63) is 16.7 Å². The van der Waals surface area contributed by atoms with Gasteiger partial charge >= 0.3 is 0 Å². The molecular formula is C12H15ClO4. The van der Waals surface area contributed by atoms with E-state index in [-0.39, 0.29) is 12.5 Å². The number of hydrogen-bond donors (Lipinski definition) is 1. The van der Waals surface area contributed by atoms with Crippen molar-refractivity contribution < 1.29 is 19.3 Å². The first-order chi connectivity index (χ1) is 8.19. The molecule has 1 aliphatic heterocycles. The number of halogens is 1. The van der Waals surface area contributed by atoms with Crippen LogP contribution in [-0.2, 0) is 0 Å². The van der Waals surface area contributed by atoms with E-state index >= 15 is 0 Å². The second-order valence-electron chi connectivity index (χ2n) is 3.91. The monoisotopic (exact) mass is 258 g/mol. The smallest absolute Gasteiger partial charge is 0.168 e. The summed E-state index contributed by atoms with van der Waals surface area (Å²) in [5.74, 6) is 1.65. The lowest BCUT2D eigenvalue weighted by molar-refractivity contribution is 0.166. The van der Waals surface area contributed by atoms with E-state index in [0.29, 0.717) is 35.5 Å². The van der Waals surface area contributed by atoms with Crippen LogP contribution in [0.2, 0.25) is 5.02 Å². The second-order valence-corrected chi connectivity index (χ2v) is 4.32. The number of hydrogen-bond acceptors (Lipinski definition) is 4.